The molecule has 0 unspecified atom stereocenters. The Morgan fingerprint density at radius 3 is 2.69 bits per heavy atom. The molecule has 1 N–H and O–H groups in total. The molecule has 0 aromatic carbocycles. The van der Waals surface area contributed by atoms with E-state index in [4.69, 9.17) is 0 Å². The SMILES string of the molecule is CCc1nc(-c2ccc(C)s2)c(C)c(=O)[nH]1. The second kappa shape index (κ2) is 4.22. The number of hydrogen-bond acceptors (Lipinski definition) is 3. The number of rotatable bonds is 2. The minimum atomic E-state index is -0.0343. The summed E-state index contributed by atoms with van der Waals surface area (Å²) in [5.41, 5.74) is 1.48. The molecule has 2 aromatic heterocycles. The van der Waals surface area contributed by atoms with Gasteiger partial charge in [0.05, 0.1) is 10.6 Å². The lowest BCUT2D eigenvalue weighted by atomic mass is 10.2. The first-order chi connectivity index (χ1) is 7.61. The Morgan fingerprint density at radius 2 is 2.12 bits per heavy atom. The maximum atomic E-state index is 11.7. The van der Waals surface area contributed by atoms with Crippen LogP contribution in [0.2, 0.25) is 0 Å². The molecular weight excluding hydrogens is 220 g/mol. The molecule has 2 aromatic rings. The molecule has 4 heteroatoms. The molecule has 0 spiro atoms. The summed E-state index contributed by atoms with van der Waals surface area (Å²) in [6.07, 6.45) is 0.743. The van der Waals surface area contributed by atoms with Gasteiger partial charge >= 0.3 is 0 Å². The predicted molar refractivity (Wildman–Crippen MR) is 67.0 cm³/mol. The zero-order valence-electron chi connectivity index (χ0n) is 9.63. The lowest BCUT2D eigenvalue weighted by Gasteiger charge is -2.04. The van der Waals surface area contributed by atoms with Crippen molar-refractivity contribution in [1.82, 2.24) is 9.97 Å². The standard InChI is InChI=1S/C12H14N2OS/c1-4-10-13-11(8(3)12(15)14-10)9-6-5-7(2)16-9/h5-6H,4H2,1-3H3,(H,13,14,15). The average Bonchev–Trinajstić information content (AvgIpc) is 2.68. The zero-order chi connectivity index (χ0) is 11.7. The number of nitrogens with zero attached hydrogens (tertiary/aromatic N) is 1. The van der Waals surface area contributed by atoms with Crippen molar-refractivity contribution in [1.29, 1.82) is 0 Å². The summed E-state index contributed by atoms with van der Waals surface area (Å²) in [5.74, 6) is 0.747. The molecule has 2 rings (SSSR count). The molecule has 0 fully saturated rings. The van der Waals surface area contributed by atoms with Crippen molar-refractivity contribution in [3.63, 3.8) is 0 Å². The van der Waals surface area contributed by atoms with Gasteiger partial charge < -0.3 is 4.98 Å². The summed E-state index contributed by atoms with van der Waals surface area (Å²) in [5, 5.41) is 0. The molecule has 3 nitrogen and oxygen atoms in total. The first-order valence-electron chi connectivity index (χ1n) is 5.28. The molecule has 2 heterocycles. The maximum Gasteiger partial charge on any atom is 0.254 e. The van der Waals surface area contributed by atoms with Gasteiger partial charge in [-0.05, 0) is 26.0 Å². The molecule has 0 saturated carbocycles. The molecule has 84 valence electrons. The molecule has 0 aliphatic carbocycles. The fourth-order valence-corrected chi connectivity index (χ4v) is 2.46. The van der Waals surface area contributed by atoms with Gasteiger partial charge in [-0.15, -0.1) is 11.3 Å². The van der Waals surface area contributed by atoms with Gasteiger partial charge in [-0.3, -0.25) is 4.79 Å². The van der Waals surface area contributed by atoms with Crippen LogP contribution in [0.5, 0.6) is 0 Å². The number of nitrogens with one attached hydrogen (secondary N) is 1. The first kappa shape index (κ1) is 11.1. The number of H-pyrrole nitrogens is 1. The molecule has 0 aliphatic heterocycles. The van der Waals surface area contributed by atoms with Crippen LogP contribution in [0.4, 0.5) is 0 Å². The minimum absolute atomic E-state index is 0.0343. The third kappa shape index (κ3) is 1.93. The second-order valence-corrected chi connectivity index (χ2v) is 5.04. The average molecular weight is 234 g/mol. The van der Waals surface area contributed by atoms with Crippen LogP contribution >= 0.6 is 11.3 Å². The number of aromatic amines is 1. The fourth-order valence-electron chi connectivity index (χ4n) is 1.55. The monoisotopic (exact) mass is 234 g/mol. The quantitative estimate of drug-likeness (QED) is 0.868. The van der Waals surface area contributed by atoms with Gasteiger partial charge in [-0.1, -0.05) is 6.92 Å². The van der Waals surface area contributed by atoms with Crippen molar-refractivity contribution in [2.45, 2.75) is 27.2 Å². The van der Waals surface area contributed by atoms with Gasteiger partial charge in [0.1, 0.15) is 5.82 Å². The Morgan fingerprint density at radius 1 is 1.38 bits per heavy atom. The highest BCUT2D eigenvalue weighted by molar-refractivity contribution is 7.15. The lowest BCUT2D eigenvalue weighted by Crippen LogP contribution is -2.15. The van der Waals surface area contributed by atoms with E-state index in [1.54, 1.807) is 11.3 Å². The third-order valence-electron chi connectivity index (χ3n) is 2.51. The van der Waals surface area contributed by atoms with E-state index >= 15 is 0 Å². The zero-order valence-corrected chi connectivity index (χ0v) is 10.4. The van der Waals surface area contributed by atoms with Crippen molar-refractivity contribution in [2.75, 3.05) is 0 Å². The Labute approximate surface area is 98.2 Å². The molecular formula is C12H14N2OS. The highest BCUT2D eigenvalue weighted by Gasteiger charge is 2.10. The number of aryl methyl sites for hydroxylation is 2. The van der Waals surface area contributed by atoms with Crippen LogP contribution in [0.1, 0.15) is 23.2 Å². The number of aromatic nitrogens is 2. The van der Waals surface area contributed by atoms with Crippen LogP contribution in [0.25, 0.3) is 10.6 Å². The summed E-state index contributed by atoms with van der Waals surface area (Å²) in [6.45, 7) is 5.85. The van der Waals surface area contributed by atoms with Gasteiger partial charge in [0.15, 0.2) is 0 Å². The summed E-state index contributed by atoms with van der Waals surface area (Å²) in [7, 11) is 0. The van der Waals surface area contributed by atoms with E-state index in [0.29, 0.717) is 5.56 Å². The Balaban J connectivity index is 2.64. The van der Waals surface area contributed by atoms with E-state index in [2.05, 4.69) is 16.9 Å². The van der Waals surface area contributed by atoms with Crippen LogP contribution in [0.3, 0.4) is 0 Å². The predicted octanol–water partition coefficient (Wildman–Crippen LogP) is 2.68. The van der Waals surface area contributed by atoms with Crippen LogP contribution in [-0.4, -0.2) is 9.97 Å². The molecule has 16 heavy (non-hydrogen) atoms. The molecule has 0 bridgehead atoms. The van der Waals surface area contributed by atoms with Crippen LogP contribution < -0.4 is 5.56 Å². The van der Waals surface area contributed by atoms with Gasteiger partial charge in [-0.2, -0.15) is 0 Å². The van der Waals surface area contributed by atoms with E-state index in [9.17, 15) is 4.79 Å². The summed E-state index contributed by atoms with van der Waals surface area (Å²) < 4.78 is 0. The van der Waals surface area contributed by atoms with Crippen molar-refractivity contribution in [2.24, 2.45) is 0 Å². The summed E-state index contributed by atoms with van der Waals surface area (Å²) in [4.78, 5) is 21.3. The van der Waals surface area contributed by atoms with Gasteiger partial charge in [0.2, 0.25) is 0 Å². The van der Waals surface area contributed by atoms with Crippen molar-refractivity contribution in [3.8, 4) is 10.6 Å². The van der Waals surface area contributed by atoms with Crippen LogP contribution in [0.15, 0.2) is 16.9 Å². The number of thiophene rings is 1. The van der Waals surface area contributed by atoms with E-state index in [-0.39, 0.29) is 5.56 Å². The van der Waals surface area contributed by atoms with Gasteiger partial charge in [0.25, 0.3) is 5.56 Å². The van der Waals surface area contributed by atoms with E-state index < -0.39 is 0 Å². The van der Waals surface area contributed by atoms with Gasteiger partial charge in [-0.25, -0.2) is 4.98 Å². The third-order valence-corrected chi connectivity index (χ3v) is 3.52. The Hall–Kier alpha value is -1.42. The molecule has 0 amide bonds. The molecule has 0 saturated heterocycles. The Kier molecular flexibility index (Phi) is 2.92. The van der Waals surface area contributed by atoms with E-state index in [1.807, 2.05) is 26.0 Å². The highest BCUT2D eigenvalue weighted by atomic mass is 32.1. The van der Waals surface area contributed by atoms with Crippen LogP contribution in [-0.2, 0) is 6.42 Å². The van der Waals surface area contributed by atoms with Crippen molar-refractivity contribution in [3.05, 3.63) is 38.8 Å². The highest BCUT2D eigenvalue weighted by Crippen LogP contribution is 2.27. The topological polar surface area (TPSA) is 45.8 Å². The number of hydrogen-bond donors (Lipinski definition) is 1. The van der Waals surface area contributed by atoms with Crippen molar-refractivity contribution < 1.29 is 0 Å². The summed E-state index contributed by atoms with van der Waals surface area (Å²) in [6, 6.07) is 4.07. The normalized spacial score (nSPS) is 10.7. The molecule has 0 atom stereocenters. The minimum Gasteiger partial charge on any atom is -0.310 e. The van der Waals surface area contributed by atoms with E-state index in [0.717, 1.165) is 22.8 Å². The summed E-state index contributed by atoms with van der Waals surface area (Å²) >= 11 is 1.67. The largest absolute Gasteiger partial charge is 0.310 e. The van der Waals surface area contributed by atoms with Crippen LogP contribution in [0, 0.1) is 13.8 Å². The molecule has 0 aliphatic rings. The fraction of sp³-hybridized carbons (Fsp3) is 0.333. The lowest BCUT2D eigenvalue weighted by molar-refractivity contribution is 0.913. The Bertz CT molecular complexity index is 569. The van der Waals surface area contributed by atoms with Gasteiger partial charge in [0, 0.05) is 16.9 Å². The molecule has 0 radical (unpaired) electrons. The smallest absolute Gasteiger partial charge is 0.254 e. The van der Waals surface area contributed by atoms with Crippen molar-refractivity contribution >= 4 is 11.3 Å². The first-order valence-corrected chi connectivity index (χ1v) is 6.10. The van der Waals surface area contributed by atoms with E-state index in [1.165, 1.54) is 4.88 Å². The second-order valence-electron chi connectivity index (χ2n) is 3.75. The maximum absolute atomic E-state index is 11.7.